The van der Waals surface area contributed by atoms with Gasteiger partial charge < -0.3 is 10.1 Å². The van der Waals surface area contributed by atoms with Crippen molar-refractivity contribution in [2.45, 2.75) is 38.8 Å². The first-order valence-electron chi connectivity index (χ1n) is 11.4. The monoisotopic (exact) mass is 527 g/mol. The van der Waals surface area contributed by atoms with Crippen LogP contribution in [0.2, 0.25) is 5.02 Å². The van der Waals surface area contributed by atoms with Crippen molar-refractivity contribution in [1.29, 1.82) is 0 Å². The number of halogens is 1. The van der Waals surface area contributed by atoms with Gasteiger partial charge in [-0.2, -0.15) is 0 Å². The van der Waals surface area contributed by atoms with Crippen LogP contribution in [0.25, 0.3) is 15.9 Å². The molecule has 182 valence electrons. The molecule has 0 aliphatic rings. The van der Waals surface area contributed by atoms with Gasteiger partial charge in [0, 0.05) is 15.6 Å². The number of rotatable bonds is 9. The Bertz CT molecular complexity index is 1400. The molecule has 9 heteroatoms. The second kappa shape index (κ2) is 11.3. The Morgan fingerprint density at radius 2 is 1.86 bits per heavy atom. The van der Waals surface area contributed by atoms with Gasteiger partial charge in [-0.25, -0.2) is 4.98 Å². The predicted octanol–water partition coefficient (Wildman–Crippen LogP) is 6.49. The SMILES string of the molecule is CCCc1sc2nc(SCC(=O)Nc3ccc(Cl)cc3)n(-c3ccc(OCC)cc3)c(=O)c2c1C. The first kappa shape index (κ1) is 25.3. The molecule has 4 aromatic rings. The number of hydrogen-bond acceptors (Lipinski definition) is 6. The smallest absolute Gasteiger partial charge is 0.267 e. The molecule has 2 aromatic heterocycles. The number of nitrogens with zero attached hydrogens (tertiary/aromatic N) is 2. The van der Waals surface area contributed by atoms with Crippen LogP contribution in [0.4, 0.5) is 5.69 Å². The second-order valence-electron chi connectivity index (χ2n) is 7.89. The molecule has 0 unspecified atom stereocenters. The third kappa shape index (κ3) is 5.72. The molecule has 1 amide bonds. The lowest BCUT2D eigenvalue weighted by Gasteiger charge is -2.13. The maximum atomic E-state index is 13.7. The zero-order chi connectivity index (χ0) is 24.9. The van der Waals surface area contributed by atoms with E-state index in [-0.39, 0.29) is 17.2 Å². The van der Waals surface area contributed by atoms with E-state index in [9.17, 15) is 9.59 Å². The van der Waals surface area contributed by atoms with Gasteiger partial charge in [-0.1, -0.05) is 36.7 Å². The van der Waals surface area contributed by atoms with Crippen molar-refractivity contribution in [1.82, 2.24) is 9.55 Å². The van der Waals surface area contributed by atoms with Gasteiger partial charge in [-0.05, 0) is 74.4 Å². The van der Waals surface area contributed by atoms with Crippen LogP contribution >= 0.6 is 34.7 Å². The molecule has 0 saturated carbocycles. The van der Waals surface area contributed by atoms with Crippen molar-refractivity contribution in [2.24, 2.45) is 0 Å². The minimum Gasteiger partial charge on any atom is -0.494 e. The molecule has 0 saturated heterocycles. The minimum absolute atomic E-state index is 0.101. The summed E-state index contributed by atoms with van der Waals surface area (Å²) in [5, 5.41) is 4.57. The third-order valence-corrected chi connectivity index (χ3v) is 7.81. The fraction of sp³-hybridized carbons (Fsp3) is 0.269. The zero-order valence-corrected chi connectivity index (χ0v) is 22.1. The van der Waals surface area contributed by atoms with Gasteiger partial charge in [-0.15, -0.1) is 11.3 Å². The van der Waals surface area contributed by atoms with E-state index >= 15 is 0 Å². The highest BCUT2D eigenvalue weighted by atomic mass is 35.5. The number of amides is 1. The second-order valence-corrected chi connectivity index (χ2v) is 10.3. The molecule has 2 aromatic carbocycles. The summed E-state index contributed by atoms with van der Waals surface area (Å²) in [4.78, 5) is 33.1. The van der Waals surface area contributed by atoms with Crippen LogP contribution in [0.15, 0.2) is 58.5 Å². The molecular formula is C26H26ClN3O3S2. The Morgan fingerprint density at radius 3 is 2.51 bits per heavy atom. The molecule has 0 atom stereocenters. The van der Waals surface area contributed by atoms with Gasteiger partial charge in [0.05, 0.1) is 23.4 Å². The number of ether oxygens (including phenoxy) is 1. The van der Waals surface area contributed by atoms with E-state index in [0.29, 0.717) is 38.4 Å². The summed E-state index contributed by atoms with van der Waals surface area (Å²) in [5.74, 6) is 0.634. The van der Waals surface area contributed by atoms with Gasteiger partial charge in [0.2, 0.25) is 5.91 Å². The molecule has 0 fully saturated rings. The number of hydrogen-bond donors (Lipinski definition) is 1. The molecule has 0 radical (unpaired) electrons. The molecule has 0 spiro atoms. The fourth-order valence-electron chi connectivity index (χ4n) is 3.72. The van der Waals surface area contributed by atoms with Crippen LogP contribution in [0.3, 0.4) is 0 Å². The lowest BCUT2D eigenvalue weighted by molar-refractivity contribution is -0.113. The summed E-state index contributed by atoms with van der Waals surface area (Å²) < 4.78 is 7.14. The number of anilines is 1. The van der Waals surface area contributed by atoms with Crippen molar-refractivity contribution in [3.8, 4) is 11.4 Å². The van der Waals surface area contributed by atoms with E-state index < -0.39 is 0 Å². The summed E-state index contributed by atoms with van der Waals surface area (Å²) in [6.07, 6.45) is 1.90. The first-order valence-corrected chi connectivity index (χ1v) is 13.6. The Morgan fingerprint density at radius 1 is 1.14 bits per heavy atom. The highest BCUT2D eigenvalue weighted by Gasteiger charge is 2.20. The maximum Gasteiger partial charge on any atom is 0.267 e. The number of nitrogens with one attached hydrogen (secondary N) is 1. The topological polar surface area (TPSA) is 73.2 Å². The number of benzene rings is 2. The molecule has 0 bridgehead atoms. The molecule has 6 nitrogen and oxygen atoms in total. The van der Waals surface area contributed by atoms with Gasteiger partial charge in [-0.3, -0.25) is 14.2 Å². The lowest BCUT2D eigenvalue weighted by Crippen LogP contribution is -2.22. The summed E-state index contributed by atoms with van der Waals surface area (Å²) in [7, 11) is 0. The quantitative estimate of drug-likeness (QED) is 0.199. The number of carbonyl (C=O) groups is 1. The summed E-state index contributed by atoms with van der Waals surface area (Å²) in [6, 6.07) is 14.3. The van der Waals surface area contributed by atoms with E-state index in [1.165, 1.54) is 16.6 Å². The van der Waals surface area contributed by atoms with Crippen LogP contribution in [-0.2, 0) is 11.2 Å². The van der Waals surface area contributed by atoms with Gasteiger partial charge >= 0.3 is 0 Å². The standard InChI is InChI=1S/C26H26ClN3O3S2/c1-4-6-21-16(3)23-24(35-21)29-26(34-15-22(31)28-18-9-7-17(27)8-10-18)30(25(23)32)19-11-13-20(14-12-19)33-5-2/h7-14H,4-6,15H2,1-3H3,(H,28,31). The first-order chi connectivity index (χ1) is 16.9. The van der Waals surface area contributed by atoms with Crippen LogP contribution < -0.4 is 15.6 Å². The van der Waals surface area contributed by atoms with Gasteiger partial charge in [0.15, 0.2) is 5.16 Å². The number of thiophene rings is 1. The number of fused-ring (bicyclic) bond motifs is 1. The van der Waals surface area contributed by atoms with Crippen molar-refractivity contribution in [3.05, 3.63) is 74.3 Å². The fourth-order valence-corrected chi connectivity index (χ4v) is 5.98. The Labute approximate surface area is 217 Å². The molecule has 35 heavy (non-hydrogen) atoms. The maximum absolute atomic E-state index is 13.7. The van der Waals surface area contributed by atoms with Crippen LogP contribution in [0.5, 0.6) is 5.75 Å². The van der Waals surface area contributed by atoms with Crippen LogP contribution in [-0.4, -0.2) is 27.8 Å². The van der Waals surface area contributed by atoms with E-state index in [4.69, 9.17) is 21.3 Å². The normalized spacial score (nSPS) is 11.1. The van der Waals surface area contributed by atoms with Gasteiger partial charge in [0.1, 0.15) is 10.6 Å². The lowest BCUT2D eigenvalue weighted by atomic mass is 10.1. The van der Waals surface area contributed by atoms with E-state index in [2.05, 4.69) is 12.2 Å². The minimum atomic E-state index is -0.195. The molecule has 2 heterocycles. The number of carbonyl (C=O) groups excluding carboxylic acids is 1. The van der Waals surface area contributed by atoms with Crippen LogP contribution in [0.1, 0.15) is 30.7 Å². The molecule has 1 N–H and O–H groups in total. The highest BCUT2D eigenvalue weighted by Crippen LogP contribution is 2.31. The summed E-state index contributed by atoms with van der Waals surface area (Å²) in [6.45, 7) is 6.59. The Kier molecular flexibility index (Phi) is 8.15. The van der Waals surface area contributed by atoms with E-state index in [1.54, 1.807) is 40.2 Å². The zero-order valence-electron chi connectivity index (χ0n) is 19.8. The van der Waals surface area contributed by atoms with Crippen molar-refractivity contribution < 1.29 is 9.53 Å². The predicted molar refractivity (Wildman–Crippen MR) is 146 cm³/mol. The van der Waals surface area contributed by atoms with Gasteiger partial charge in [0.25, 0.3) is 5.56 Å². The van der Waals surface area contributed by atoms with Crippen LogP contribution in [0, 0.1) is 6.92 Å². The summed E-state index contributed by atoms with van der Waals surface area (Å²) >= 11 is 8.71. The summed E-state index contributed by atoms with van der Waals surface area (Å²) in [5.41, 5.74) is 2.19. The molecule has 0 aliphatic heterocycles. The average Bonchev–Trinajstić information content (AvgIpc) is 3.16. The highest BCUT2D eigenvalue weighted by molar-refractivity contribution is 7.99. The molecular weight excluding hydrogens is 502 g/mol. The third-order valence-electron chi connectivity index (χ3n) is 5.38. The number of aromatic nitrogens is 2. The molecule has 4 rings (SSSR count). The average molecular weight is 528 g/mol. The van der Waals surface area contributed by atoms with Crippen molar-refractivity contribution >= 4 is 56.5 Å². The largest absolute Gasteiger partial charge is 0.494 e. The van der Waals surface area contributed by atoms with Crippen molar-refractivity contribution in [2.75, 3.05) is 17.7 Å². The molecule has 0 aliphatic carbocycles. The van der Waals surface area contributed by atoms with Crippen molar-refractivity contribution in [3.63, 3.8) is 0 Å². The van der Waals surface area contributed by atoms with E-state index in [1.807, 2.05) is 38.1 Å². The Balaban J connectivity index is 1.70. The van der Waals surface area contributed by atoms with E-state index in [0.717, 1.165) is 24.2 Å². The Hall–Kier alpha value is -2.81. The number of thioether (sulfide) groups is 1. The number of aryl methyl sites for hydroxylation is 2.